The van der Waals surface area contributed by atoms with Crippen molar-refractivity contribution in [1.29, 1.82) is 0 Å². The van der Waals surface area contributed by atoms with Gasteiger partial charge in [0.1, 0.15) is 0 Å². The van der Waals surface area contributed by atoms with E-state index in [1.54, 1.807) is 0 Å². The third-order valence-corrected chi connectivity index (χ3v) is 7.77. The number of aryl methyl sites for hydroxylation is 1. The Morgan fingerprint density at radius 1 is 1.19 bits per heavy atom. The molecule has 1 aromatic carbocycles. The van der Waals surface area contributed by atoms with Crippen LogP contribution < -0.4 is 16.0 Å². The minimum Gasteiger partial charge on any atom is -0.370 e. The zero-order chi connectivity index (χ0) is 18.6. The molecular formula is C23H33N3O. The normalized spacial score (nSPS) is 37.0. The minimum absolute atomic E-state index is 0.219. The molecule has 4 aliphatic carbocycles. The summed E-state index contributed by atoms with van der Waals surface area (Å²) in [5, 5.41) is 3.23. The molecule has 0 aromatic heterocycles. The Labute approximate surface area is 162 Å². The molecule has 4 heteroatoms. The second kappa shape index (κ2) is 6.51. The molecule has 0 radical (unpaired) electrons. The van der Waals surface area contributed by atoms with Gasteiger partial charge in [0.25, 0.3) is 0 Å². The van der Waals surface area contributed by atoms with E-state index in [-0.39, 0.29) is 11.9 Å². The highest BCUT2D eigenvalue weighted by molar-refractivity contribution is 5.92. The first kappa shape index (κ1) is 17.5. The van der Waals surface area contributed by atoms with E-state index in [1.165, 1.54) is 44.2 Å². The fourth-order valence-electron chi connectivity index (χ4n) is 7.05. The van der Waals surface area contributed by atoms with Crippen molar-refractivity contribution >= 4 is 17.3 Å². The highest BCUT2D eigenvalue weighted by Crippen LogP contribution is 2.61. The number of benzene rings is 1. The van der Waals surface area contributed by atoms with E-state index in [2.05, 4.69) is 35.3 Å². The molecule has 1 unspecified atom stereocenters. The van der Waals surface area contributed by atoms with E-state index in [4.69, 9.17) is 5.73 Å². The van der Waals surface area contributed by atoms with Gasteiger partial charge in [0, 0.05) is 36.9 Å². The highest BCUT2D eigenvalue weighted by Gasteiger charge is 2.51. The Morgan fingerprint density at radius 3 is 2.41 bits per heavy atom. The Balaban J connectivity index is 1.25. The van der Waals surface area contributed by atoms with Crippen LogP contribution in [0.25, 0.3) is 0 Å². The van der Waals surface area contributed by atoms with Gasteiger partial charge in [0.05, 0.1) is 0 Å². The largest absolute Gasteiger partial charge is 0.370 e. The van der Waals surface area contributed by atoms with Gasteiger partial charge in [-0.05, 0) is 98.8 Å². The number of hydrogen-bond acceptors (Lipinski definition) is 3. The number of nitrogens with one attached hydrogen (secondary N) is 1. The lowest BCUT2D eigenvalue weighted by Crippen LogP contribution is -2.47. The second-order valence-corrected chi connectivity index (χ2v) is 10.1. The van der Waals surface area contributed by atoms with E-state index in [9.17, 15) is 4.79 Å². The van der Waals surface area contributed by atoms with Crippen molar-refractivity contribution in [2.75, 3.05) is 23.3 Å². The smallest absolute Gasteiger partial charge is 0.224 e. The summed E-state index contributed by atoms with van der Waals surface area (Å²) in [7, 11) is 0. The number of nitrogens with zero attached hydrogens (tertiary/aromatic N) is 1. The summed E-state index contributed by atoms with van der Waals surface area (Å²) in [6.07, 6.45) is 9.95. The Bertz CT molecular complexity index is 708. The van der Waals surface area contributed by atoms with Crippen LogP contribution in [-0.4, -0.2) is 25.0 Å². The summed E-state index contributed by atoms with van der Waals surface area (Å²) >= 11 is 0. The number of amides is 1. The van der Waals surface area contributed by atoms with Crippen molar-refractivity contribution in [3.63, 3.8) is 0 Å². The molecule has 0 spiro atoms. The summed E-state index contributed by atoms with van der Waals surface area (Å²) in [5.41, 5.74) is 9.68. The van der Waals surface area contributed by atoms with Crippen LogP contribution in [0.2, 0.25) is 0 Å². The SMILES string of the molecule is Cc1cc(N2CCC(N)C2)ccc1NC(=O)CC12CC3CC(CC(C3)C1)C2. The number of anilines is 2. The molecule has 3 N–H and O–H groups in total. The fraction of sp³-hybridized carbons (Fsp3) is 0.696. The Kier molecular flexibility index (Phi) is 4.23. The maximum Gasteiger partial charge on any atom is 0.224 e. The Morgan fingerprint density at radius 2 is 1.85 bits per heavy atom. The summed E-state index contributed by atoms with van der Waals surface area (Å²) in [6.45, 7) is 4.05. The quantitative estimate of drug-likeness (QED) is 0.843. The molecule has 4 saturated carbocycles. The first-order valence-electron chi connectivity index (χ1n) is 10.9. The average Bonchev–Trinajstić information content (AvgIpc) is 3.01. The predicted molar refractivity (Wildman–Crippen MR) is 110 cm³/mol. The minimum atomic E-state index is 0.219. The van der Waals surface area contributed by atoms with E-state index in [1.807, 2.05) is 0 Å². The molecule has 5 fully saturated rings. The molecular weight excluding hydrogens is 334 g/mol. The van der Waals surface area contributed by atoms with E-state index < -0.39 is 0 Å². The van der Waals surface area contributed by atoms with Crippen molar-refractivity contribution in [1.82, 2.24) is 0 Å². The van der Waals surface area contributed by atoms with Crippen LogP contribution in [0, 0.1) is 30.1 Å². The lowest BCUT2D eigenvalue weighted by atomic mass is 9.49. The van der Waals surface area contributed by atoms with Crippen molar-refractivity contribution < 1.29 is 4.79 Å². The van der Waals surface area contributed by atoms with Gasteiger partial charge in [-0.15, -0.1) is 0 Å². The van der Waals surface area contributed by atoms with Crippen LogP contribution in [0.5, 0.6) is 0 Å². The first-order chi connectivity index (χ1) is 13.0. The number of carbonyl (C=O) groups is 1. The van der Waals surface area contributed by atoms with Gasteiger partial charge in [-0.1, -0.05) is 0 Å². The van der Waals surface area contributed by atoms with E-state index in [0.717, 1.165) is 54.9 Å². The summed E-state index contributed by atoms with van der Waals surface area (Å²) in [6, 6.07) is 6.68. The van der Waals surface area contributed by atoms with Crippen LogP contribution in [0.4, 0.5) is 11.4 Å². The fourth-order valence-corrected chi connectivity index (χ4v) is 7.05. The topological polar surface area (TPSA) is 58.4 Å². The average molecular weight is 368 g/mol. The Hall–Kier alpha value is -1.55. The van der Waals surface area contributed by atoms with Crippen LogP contribution in [-0.2, 0) is 4.79 Å². The van der Waals surface area contributed by atoms with Gasteiger partial charge >= 0.3 is 0 Å². The van der Waals surface area contributed by atoms with Crippen molar-refractivity contribution in [3.05, 3.63) is 23.8 Å². The standard InChI is InChI=1S/C23H33N3O/c1-15-6-20(26-5-4-19(24)14-26)2-3-21(15)25-22(27)13-23-10-16-7-17(11-23)9-18(8-16)12-23/h2-3,6,16-19H,4-5,7-14,24H2,1H3,(H,25,27). The van der Waals surface area contributed by atoms with Gasteiger partial charge in [-0.2, -0.15) is 0 Å². The summed E-state index contributed by atoms with van der Waals surface area (Å²) in [4.78, 5) is 15.2. The molecule has 5 aliphatic rings. The molecule has 1 amide bonds. The van der Waals surface area contributed by atoms with Crippen LogP contribution in [0.15, 0.2) is 18.2 Å². The third-order valence-electron chi connectivity index (χ3n) is 7.77. The predicted octanol–water partition coefficient (Wildman–Crippen LogP) is 4.08. The molecule has 1 atom stereocenters. The third kappa shape index (κ3) is 3.37. The lowest BCUT2D eigenvalue weighted by molar-refractivity contribution is -0.124. The van der Waals surface area contributed by atoms with Gasteiger partial charge < -0.3 is 16.0 Å². The summed E-state index contributed by atoms with van der Waals surface area (Å²) < 4.78 is 0. The molecule has 146 valence electrons. The zero-order valence-corrected chi connectivity index (χ0v) is 16.5. The number of nitrogens with two attached hydrogens (primary N) is 1. The molecule has 1 saturated heterocycles. The van der Waals surface area contributed by atoms with Gasteiger partial charge in [-0.25, -0.2) is 0 Å². The number of carbonyl (C=O) groups excluding carboxylic acids is 1. The molecule has 1 aromatic rings. The van der Waals surface area contributed by atoms with Gasteiger partial charge in [0.2, 0.25) is 5.91 Å². The molecule has 27 heavy (non-hydrogen) atoms. The molecule has 4 bridgehead atoms. The van der Waals surface area contributed by atoms with Crippen molar-refractivity contribution in [2.24, 2.45) is 28.9 Å². The number of hydrogen-bond donors (Lipinski definition) is 2. The number of rotatable bonds is 4. The molecule has 1 aliphatic heterocycles. The zero-order valence-electron chi connectivity index (χ0n) is 16.5. The monoisotopic (exact) mass is 367 g/mol. The van der Waals surface area contributed by atoms with E-state index >= 15 is 0 Å². The highest BCUT2D eigenvalue weighted by atomic mass is 16.1. The molecule has 6 rings (SSSR count). The van der Waals surface area contributed by atoms with Gasteiger partial charge in [-0.3, -0.25) is 4.79 Å². The van der Waals surface area contributed by atoms with Gasteiger partial charge in [0.15, 0.2) is 0 Å². The first-order valence-corrected chi connectivity index (χ1v) is 10.9. The second-order valence-electron chi connectivity index (χ2n) is 10.1. The van der Waals surface area contributed by atoms with Crippen LogP contribution in [0.3, 0.4) is 0 Å². The summed E-state index contributed by atoms with van der Waals surface area (Å²) in [5.74, 6) is 2.92. The van der Waals surface area contributed by atoms with Crippen LogP contribution in [0.1, 0.15) is 56.9 Å². The van der Waals surface area contributed by atoms with Crippen molar-refractivity contribution in [3.8, 4) is 0 Å². The maximum atomic E-state index is 12.9. The maximum absolute atomic E-state index is 12.9. The lowest BCUT2D eigenvalue weighted by Gasteiger charge is -2.56. The van der Waals surface area contributed by atoms with E-state index in [0.29, 0.717) is 5.41 Å². The molecule has 4 nitrogen and oxygen atoms in total. The van der Waals surface area contributed by atoms with Crippen molar-refractivity contribution in [2.45, 2.75) is 64.3 Å². The molecule has 1 heterocycles. The van der Waals surface area contributed by atoms with Crippen LogP contribution >= 0.6 is 0 Å².